The lowest BCUT2D eigenvalue weighted by Gasteiger charge is -2.09. The van der Waals surface area contributed by atoms with Gasteiger partial charge in [0.05, 0.1) is 84.9 Å². The highest BCUT2D eigenvalue weighted by Gasteiger charge is 2.01. The maximum absolute atomic E-state index is 11.8. The van der Waals surface area contributed by atoms with E-state index in [0.717, 1.165) is 25.9 Å². The lowest BCUT2D eigenvalue weighted by atomic mass is 10.1. The van der Waals surface area contributed by atoms with Gasteiger partial charge < -0.3 is 38.5 Å². The summed E-state index contributed by atoms with van der Waals surface area (Å²) in [5.41, 5.74) is 0. The summed E-state index contributed by atoms with van der Waals surface area (Å²) in [7, 11) is 0. The molecule has 9 heteroatoms. The van der Waals surface area contributed by atoms with Crippen LogP contribution in [0.1, 0.15) is 72.6 Å². The van der Waals surface area contributed by atoms with Gasteiger partial charge in [0.25, 0.3) is 0 Å². The number of rotatable bonds is 29. The summed E-state index contributed by atoms with van der Waals surface area (Å²) < 4.78 is 38.1. The van der Waals surface area contributed by atoms with Crippen LogP contribution in [0, 0.1) is 0 Å². The van der Waals surface area contributed by atoms with Gasteiger partial charge in [0.2, 0.25) is 5.91 Å². The Morgan fingerprint density at radius 2 is 0.889 bits per heavy atom. The third-order valence-electron chi connectivity index (χ3n) is 4.98. The standard InChI is InChI=1S/C27H55NO8/c1-25(2)35-13-10-8-6-5-7-9-11-27(29)28-12-14-30-15-16-31-17-18-32-19-20-33-21-22-34-23-24-36-26(3)4/h25-26H,5-24H2,1-4H3,(H,28,29). The van der Waals surface area contributed by atoms with Crippen molar-refractivity contribution in [2.75, 3.05) is 85.8 Å². The van der Waals surface area contributed by atoms with Gasteiger partial charge in [0.15, 0.2) is 0 Å². The van der Waals surface area contributed by atoms with Crippen LogP contribution in [0.25, 0.3) is 0 Å². The van der Waals surface area contributed by atoms with Gasteiger partial charge in [0.1, 0.15) is 0 Å². The minimum Gasteiger partial charge on any atom is -0.379 e. The molecule has 36 heavy (non-hydrogen) atoms. The van der Waals surface area contributed by atoms with Crippen LogP contribution in [0.5, 0.6) is 0 Å². The highest BCUT2D eigenvalue weighted by molar-refractivity contribution is 5.75. The van der Waals surface area contributed by atoms with E-state index in [1.165, 1.54) is 19.3 Å². The third-order valence-corrected chi connectivity index (χ3v) is 4.98. The number of ether oxygens (including phenoxy) is 7. The molecule has 0 fully saturated rings. The molecule has 1 N–H and O–H groups in total. The first kappa shape index (κ1) is 35.2. The molecule has 216 valence electrons. The van der Waals surface area contributed by atoms with E-state index >= 15 is 0 Å². The van der Waals surface area contributed by atoms with Gasteiger partial charge in [-0.05, 0) is 40.5 Å². The van der Waals surface area contributed by atoms with Gasteiger partial charge in [0, 0.05) is 19.6 Å². The molecule has 0 aliphatic rings. The zero-order valence-electron chi connectivity index (χ0n) is 23.6. The van der Waals surface area contributed by atoms with Crippen molar-refractivity contribution in [3.8, 4) is 0 Å². The maximum atomic E-state index is 11.8. The van der Waals surface area contributed by atoms with Gasteiger partial charge in [-0.2, -0.15) is 0 Å². The van der Waals surface area contributed by atoms with Crippen LogP contribution in [0.4, 0.5) is 0 Å². The fraction of sp³-hybridized carbons (Fsp3) is 0.963. The number of unbranched alkanes of at least 4 members (excludes halogenated alkanes) is 5. The molecule has 0 bridgehead atoms. The van der Waals surface area contributed by atoms with E-state index < -0.39 is 0 Å². The van der Waals surface area contributed by atoms with Crippen LogP contribution in [-0.4, -0.2) is 104 Å². The molecular weight excluding hydrogens is 466 g/mol. The predicted molar refractivity (Wildman–Crippen MR) is 142 cm³/mol. The summed E-state index contributed by atoms with van der Waals surface area (Å²) in [5, 5.41) is 2.90. The van der Waals surface area contributed by atoms with E-state index in [4.69, 9.17) is 33.2 Å². The van der Waals surface area contributed by atoms with Gasteiger partial charge in [-0.15, -0.1) is 0 Å². The van der Waals surface area contributed by atoms with Crippen LogP contribution in [0.3, 0.4) is 0 Å². The number of nitrogens with one attached hydrogen (secondary N) is 1. The molecule has 0 heterocycles. The van der Waals surface area contributed by atoms with E-state index in [-0.39, 0.29) is 12.0 Å². The molecule has 0 aromatic carbocycles. The largest absolute Gasteiger partial charge is 0.379 e. The first-order valence-corrected chi connectivity index (χ1v) is 13.9. The van der Waals surface area contributed by atoms with Gasteiger partial charge in [-0.3, -0.25) is 4.79 Å². The fourth-order valence-corrected chi connectivity index (χ4v) is 3.09. The Morgan fingerprint density at radius 1 is 0.500 bits per heavy atom. The van der Waals surface area contributed by atoms with Crippen molar-refractivity contribution in [2.45, 2.75) is 84.8 Å². The molecular formula is C27H55NO8. The highest BCUT2D eigenvalue weighted by atomic mass is 16.6. The second kappa shape index (κ2) is 28.8. The molecule has 0 unspecified atom stereocenters. The number of amides is 1. The van der Waals surface area contributed by atoms with Gasteiger partial charge >= 0.3 is 0 Å². The first-order chi connectivity index (χ1) is 17.5. The van der Waals surface area contributed by atoms with Crippen molar-refractivity contribution in [2.24, 2.45) is 0 Å². The molecule has 0 radical (unpaired) electrons. The molecule has 0 saturated carbocycles. The van der Waals surface area contributed by atoms with Crippen molar-refractivity contribution in [3.63, 3.8) is 0 Å². The van der Waals surface area contributed by atoms with E-state index in [0.29, 0.717) is 91.7 Å². The lowest BCUT2D eigenvalue weighted by molar-refractivity contribution is -0.121. The highest BCUT2D eigenvalue weighted by Crippen LogP contribution is 2.07. The normalized spacial score (nSPS) is 11.6. The molecule has 0 atom stereocenters. The van der Waals surface area contributed by atoms with Crippen molar-refractivity contribution in [3.05, 3.63) is 0 Å². The first-order valence-electron chi connectivity index (χ1n) is 13.9. The Kier molecular flexibility index (Phi) is 28.1. The van der Waals surface area contributed by atoms with Crippen LogP contribution >= 0.6 is 0 Å². The van der Waals surface area contributed by atoms with E-state index in [1.54, 1.807) is 0 Å². The van der Waals surface area contributed by atoms with Gasteiger partial charge in [-0.1, -0.05) is 25.7 Å². The fourth-order valence-electron chi connectivity index (χ4n) is 3.09. The summed E-state index contributed by atoms with van der Waals surface area (Å²) in [6, 6.07) is 0. The van der Waals surface area contributed by atoms with Crippen molar-refractivity contribution in [1.29, 1.82) is 0 Å². The molecule has 0 aliphatic carbocycles. The zero-order valence-corrected chi connectivity index (χ0v) is 23.6. The lowest BCUT2D eigenvalue weighted by Crippen LogP contribution is -2.27. The topological polar surface area (TPSA) is 93.7 Å². The summed E-state index contributed by atoms with van der Waals surface area (Å²) in [6.45, 7) is 15.5. The Labute approximate surface area is 220 Å². The molecule has 0 rings (SSSR count). The number of hydrogen-bond donors (Lipinski definition) is 1. The average molecular weight is 522 g/mol. The van der Waals surface area contributed by atoms with Crippen molar-refractivity contribution in [1.82, 2.24) is 5.32 Å². The Balaban J connectivity index is 3.14. The van der Waals surface area contributed by atoms with Crippen LogP contribution in [0.2, 0.25) is 0 Å². The Bertz CT molecular complexity index is 451. The molecule has 0 aliphatic heterocycles. The van der Waals surface area contributed by atoms with Crippen molar-refractivity contribution < 1.29 is 38.0 Å². The van der Waals surface area contributed by atoms with E-state index in [9.17, 15) is 4.79 Å². The molecule has 0 aromatic heterocycles. The summed E-state index contributed by atoms with van der Waals surface area (Å²) in [5.74, 6) is 0.102. The summed E-state index contributed by atoms with van der Waals surface area (Å²) in [6.07, 6.45) is 7.92. The second-order valence-electron chi connectivity index (χ2n) is 9.12. The number of hydrogen-bond acceptors (Lipinski definition) is 8. The average Bonchev–Trinajstić information content (AvgIpc) is 2.84. The minimum absolute atomic E-state index is 0.102. The zero-order chi connectivity index (χ0) is 26.5. The summed E-state index contributed by atoms with van der Waals surface area (Å²) >= 11 is 0. The molecule has 0 spiro atoms. The molecule has 9 nitrogen and oxygen atoms in total. The molecule has 0 saturated heterocycles. The smallest absolute Gasteiger partial charge is 0.220 e. The molecule has 0 aromatic rings. The quantitative estimate of drug-likeness (QED) is 0.149. The monoisotopic (exact) mass is 521 g/mol. The minimum atomic E-state index is 0.102. The Hall–Kier alpha value is -0.810. The number of carbonyl (C=O) groups is 1. The van der Waals surface area contributed by atoms with Gasteiger partial charge in [-0.25, -0.2) is 0 Å². The Morgan fingerprint density at radius 3 is 1.39 bits per heavy atom. The third kappa shape index (κ3) is 31.2. The predicted octanol–water partition coefficient (Wildman–Crippen LogP) is 3.77. The molecule has 1 amide bonds. The van der Waals surface area contributed by atoms with E-state index in [1.807, 2.05) is 13.8 Å². The van der Waals surface area contributed by atoms with E-state index in [2.05, 4.69) is 19.2 Å². The van der Waals surface area contributed by atoms with Crippen molar-refractivity contribution >= 4 is 5.91 Å². The second-order valence-corrected chi connectivity index (χ2v) is 9.12. The SMILES string of the molecule is CC(C)OCCCCCCCCC(=O)NCCOCCOCCOCCOCCOCCOC(C)C. The van der Waals surface area contributed by atoms with Crippen LogP contribution in [-0.2, 0) is 38.0 Å². The number of carbonyl (C=O) groups excluding carboxylic acids is 1. The van der Waals surface area contributed by atoms with Crippen LogP contribution in [0.15, 0.2) is 0 Å². The van der Waals surface area contributed by atoms with Crippen LogP contribution < -0.4 is 5.32 Å². The maximum Gasteiger partial charge on any atom is 0.220 e. The summed E-state index contributed by atoms with van der Waals surface area (Å²) in [4.78, 5) is 11.8.